The van der Waals surface area contributed by atoms with E-state index in [4.69, 9.17) is 10.5 Å². The van der Waals surface area contributed by atoms with Gasteiger partial charge in [-0.1, -0.05) is 6.92 Å². The van der Waals surface area contributed by atoms with Crippen molar-refractivity contribution in [3.8, 4) is 0 Å². The summed E-state index contributed by atoms with van der Waals surface area (Å²) in [6.45, 7) is 4.55. The molecule has 1 fully saturated rings. The van der Waals surface area contributed by atoms with E-state index in [1.54, 1.807) is 0 Å². The highest BCUT2D eigenvalue weighted by Crippen LogP contribution is 2.11. The van der Waals surface area contributed by atoms with Crippen molar-refractivity contribution in [1.82, 2.24) is 0 Å². The zero-order chi connectivity index (χ0) is 8.10. The molecule has 64 valence electrons. The van der Waals surface area contributed by atoms with Crippen LogP contribution in [0, 0.1) is 5.92 Å². The second-order valence-electron chi connectivity index (χ2n) is 2.87. The van der Waals surface area contributed by atoms with Crippen molar-refractivity contribution in [2.75, 3.05) is 19.8 Å². The highest BCUT2D eigenvalue weighted by Gasteiger charge is 2.18. The predicted molar refractivity (Wildman–Crippen MR) is 45.7 cm³/mol. The number of rotatable bonds is 3. The SMILES string of the molecule is CCCN=C(N)C1CCOC1. The van der Waals surface area contributed by atoms with Gasteiger partial charge in [0.1, 0.15) is 0 Å². The van der Waals surface area contributed by atoms with E-state index < -0.39 is 0 Å². The Morgan fingerprint density at radius 1 is 1.73 bits per heavy atom. The van der Waals surface area contributed by atoms with E-state index in [1.807, 2.05) is 0 Å². The Kier molecular flexibility index (Phi) is 3.36. The lowest BCUT2D eigenvalue weighted by atomic mass is 10.1. The van der Waals surface area contributed by atoms with Crippen LogP contribution in [-0.2, 0) is 4.74 Å². The van der Waals surface area contributed by atoms with Crippen LogP contribution >= 0.6 is 0 Å². The molecule has 0 aromatic rings. The molecule has 2 N–H and O–H groups in total. The van der Waals surface area contributed by atoms with Crippen LogP contribution in [0.1, 0.15) is 19.8 Å². The van der Waals surface area contributed by atoms with E-state index >= 15 is 0 Å². The monoisotopic (exact) mass is 156 g/mol. The summed E-state index contributed by atoms with van der Waals surface area (Å²) in [4.78, 5) is 4.24. The Bertz CT molecular complexity index is 139. The molecule has 0 aromatic heterocycles. The Balaban J connectivity index is 2.32. The largest absolute Gasteiger partial charge is 0.387 e. The number of hydrogen-bond donors (Lipinski definition) is 1. The van der Waals surface area contributed by atoms with Crippen LogP contribution in [0.3, 0.4) is 0 Å². The van der Waals surface area contributed by atoms with Gasteiger partial charge in [0.05, 0.1) is 12.4 Å². The van der Waals surface area contributed by atoms with Crippen molar-refractivity contribution in [3.63, 3.8) is 0 Å². The quantitative estimate of drug-likeness (QED) is 0.485. The minimum absolute atomic E-state index is 0.390. The minimum atomic E-state index is 0.390. The zero-order valence-electron chi connectivity index (χ0n) is 7.05. The third kappa shape index (κ3) is 2.50. The third-order valence-corrected chi connectivity index (χ3v) is 1.87. The molecule has 1 heterocycles. The first-order valence-corrected chi connectivity index (χ1v) is 4.22. The minimum Gasteiger partial charge on any atom is -0.387 e. The second-order valence-corrected chi connectivity index (χ2v) is 2.87. The van der Waals surface area contributed by atoms with E-state index in [1.165, 1.54) is 0 Å². The summed E-state index contributed by atoms with van der Waals surface area (Å²) >= 11 is 0. The maximum Gasteiger partial charge on any atom is 0.0992 e. The number of nitrogens with zero attached hydrogens (tertiary/aromatic N) is 1. The molecule has 0 bridgehead atoms. The van der Waals surface area contributed by atoms with Gasteiger partial charge >= 0.3 is 0 Å². The van der Waals surface area contributed by atoms with Crippen molar-refractivity contribution in [1.29, 1.82) is 0 Å². The van der Waals surface area contributed by atoms with Crippen LogP contribution in [0.5, 0.6) is 0 Å². The molecule has 3 heteroatoms. The third-order valence-electron chi connectivity index (χ3n) is 1.87. The van der Waals surface area contributed by atoms with Crippen molar-refractivity contribution >= 4 is 5.84 Å². The van der Waals surface area contributed by atoms with Gasteiger partial charge in [-0.05, 0) is 12.8 Å². The summed E-state index contributed by atoms with van der Waals surface area (Å²) in [7, 11) is 0. The van der Waals surface area contributed by atoms with Crippen molar-refractivity contribution in [2.24, 2.45) is 16.6 Å². The molecule has 0 spiro atoms. The molecule has 0 aliphatic carbocycles. The van der Waals surface area contributed by atoms with Gasteiger partial charge < -0.3 is 10.5 Å². The van der Waals surface area contributed by atoms with Gasteiger partial charge in [0.2, 0.25) is 0 Å². The number of amidine groups is 1. The van der Waals surface area contributed by atoms with E-state index in [0.29, 0.717) is 5.92 Å². The van der Waals surface area contributed by atoms with Gasteiger partial charge in [-0.2, -0.15) is 0 Å². The lowest BCUT2D eigenvalue weighted by molar-refractivity contribution is 0.193. The average Bonchev–Trinajstić information content (AvgIpc) is 2.52. The number of ether oxygens (including phenoxy) is 1. The first-order chi connectivity index (χ1) is 5.34. The van der Waals surface area contributed by atoms with E-state index in [0.717, 1.165) is 38.4 Å². The molecular formula is C8H16N2O. The Morgan fingerprint density at radius 2 is 2.55 bits per heavy atom. The number of aliphatic imine (C=N–C) groups is 1. The predicted octanol–water partition coefficient (Wildman–Crippen LogP) is 0.790. The van der Waals surface area contributed by atoms with Crippen molar-refractivity contribution in [2.45, 2.75) is 19.8 Å². The van der Waals surface area contributed by atoms with Crippen LogP contribution in [0.2, 0.25) is 0 Å². The van der Waals surface area contributed by atoms with Crippen LogP contribution in [0.15, 0.2) is 4.99 Å². The van der Waals surface area contributed by atoms with Crippen LogP contribution in [0.4, 0.5) is 0 Å². The Morgan fingerprint density at radius 3 is 3.09 bits per heavy atom. The maximum atomic E-state index is 5.74. The van der Waals surface area contributed by atoms with E-state index in [9.17, 15) is 0 Å². The van der Waals surface area contributed by atoms with E-state index in [2.05, 4.69) is 11.9 Å². The van der Waals surface area contributed by atoms with Gasteiger partial charge in [0, 0.05) is 19.1 Å². The summed E-state index contributed by atoms with van der Waals surface area (Å²) in [6.07, 6.45) is 2.10. The summed E-state index contributed by atoms with van der Waals surface area (Å²) < 4.78 is 5.20. The highest BCUT2D eigenvalue weighted by molar-refractivity contribution is 5.83. The standard InChI is InChI=1S/C8H16N2O/c1-2-4-10-8(9)7-3-5-11-6-7/h7H,2-6H2,1H3,(H2,9,10). The molecule has 1 unspecified atom stereocenters. The fraction of sp³-hybridized carbons (Fsp3) is 0.875. The first-order valence-electron chi connectivity index (χ1n) is 4.22. The summed E-state index contributed by atoms with van der Waals surface area (Å²) in [5, 5.41) is 0. The van der Waals surface area contributed by atoms with Gasteiger partial charge in [0.25, 0.3) is 0 Å². The van der Waals surface area contributed by atoms with Crippen LogP contribution < -0.4 is 5.73 Å². The lowest BCUT2D eigenvalue weighted by Gasteiger charge is -2.05. The van der Waals surface area contributed by atoms with Crippen LogP contribution in [0.25, 0.3) is 0 Å². The molecule has 11 heavy (non-hydrogen) atoms. The van der Waals surface area contributed by atoms with Gasteiger partial charge in [-0.25, -0.2) is 0 Å². The molecule has 3 nitrogen and oxygen atoms in total. The summed E-state index contributed by atoms with van der Waals surface area (Å²) in [5.41, 5.74) is 5.74. The smallest absolute Gasteiger partial charge is 0.0992 e. The Hall–Kier alpha value is -0.570. The number of nitrogens with two attached hydrogens (primary N) is 1. The number of hydrogen-bond acceptors (Lipinski definition) is 2. The van der Waals surface area contributed by atoms with E-state index in [-0.39, 0.29) is 0 Å². The molecule has 1 aliphatic heterocycles. The topological polar surface area (TPSA) is 47.6 Å². The van der Waals surface area contributed by atoms with Gasteiger partial charge in [0.15, 0.2) is 0 Å². The highest BCUT2D eigenvalue weighted by atomic mass is 16.5. The first kappa shape index (κ1) is 8.53. The maximum absolute atomic E-state index is 5.74. The lowest BCUT2D eigenvalue weighted by Crippen LogP contribution is -2.24. The molecular weight excluding hydrogens is 140 g/mol. The molecule has 1 aliphatic rings. The Labute approximate surface area is 67.6 Å². The summed E-state index contributed by atoms with van der Waals surface area (Å²) in [6, 6.07) is 0. The van der Waals surface area contributed by atoms with Gasteiger partial charge in [-0.15, -0.1) is 0 Å². The van der Waals surface area contributed by atoms with Crippen LogP contribution in [-0.4, -0.2) is 25.6 Å². The normalized spacial score (nSPS) is 25.9. The fourth-order valence-electron chi connectivity index (χ4n) is 1.14. The summed E-state index contributed by atoms with van der Waals surface area (Å²) in [5.74, 6) is 1.17. The molecule has 0 saturated carbocycles. The average molecular weight is 156 g/mol. The zero-order valence-corrected chi connectivity index (χ0v) is 7.05. The molecule has 1 rings (SSSR count). The van der Waals surface area contributed by atoms with Crippen molar-refractivity contribution < 1.29 is 4.74 Å². The molecule has 0 radical (unpaired) electrons. The fourth-order valence-corrected chi connectivity index (χ4v) is 1.14. The van der Waals surface area contributed by atoms with Crippen molar-refractivity contribution in [3.05, 3.63) is 0 Å². The molecule has 1 saturated heterocycles. The second kappa shape index (κ2) is 4.34. The molecule has 1 atom stereocenters. The molecule has 0 amide bonds. The van der Waals surface area contributed by atoms with Gasteiger partial charge in [-0.3, -0.25) is 4.99 Å². The molecule has 0 aromatic carbocycles.